The average molecular weight is 433 g/mol. The summed E-state index contributed by atoms with van der Waals surface area (Å²) in [5.74, 6) is -1.13. The Kier molecular flexibility index (Phi) is 5.67. The first-order valence-corrected chi connectivity index (χ1v) is 9.62. The van der Waals surface area contributed by atoms with Gasteiger partial charge in [-0.25, -0.2) is 4.79 Å². The van der Waals surface area contributed by atoms with Crippen LogP contribution in [-0.4, -0.2) is 29.2 Å². The number of anilines is 1. The molecule has 0 atom stereocenters. The number of carbonyl (C=O) groups excluding carboxylic acids is 1. The van der Waals surface area contributed by atoms with Crippen molar-refractivity contribution in [2.45, 2.75) is 6.61 Å². The number of phenols is 1. The summed E-state index contributed by atoms with van der Waals surface area (Å²) in [5, 5.41) is 22.2. The molecule has 4 aromatic rings. The Morgan fingerprint density at radius 3 is 2.47 bits per heavy atom. The number of hydrogen-bond acceptors (Lipinski definition) is 6. The van der Waals surface area contributed by atoms with Gasteiger partial charge in [0.1, 0.15) is 17.9 Å². The standard InChI is InChI=1S/C24H19NO7/c1-30-20-8-4-5-9-21(20)31-13-17-15-6-2-3-7-19(15)32-22(17)23(27)25-18-11-10-14(26)12-16(18)24(28)29/h2-12,26H,13H2,1H3,(H,25,27)(H,28,29). The molecule has 0 saturated carbocycles. The van der Waals surface area contributed by atoms with Crippen LogP contribution in [0.5, 0.6) is 17.2 Å². The molecule has 0 radical (unpaired) electrons. The fourth-order valence-electron chi connectivity index (χ4n) is 3.31. The van der Waals surface area contributed by atoms with Crippen molar-refractivity contribution in [2.24, 2.45) is 0 Å². The van der Waals surface area contributed by atoms with Crippen LogP contribution < -0.4 is 14.8 Å². The largest absolute Gasteiger partial charge is 0.508 e. The SMILES string of the molecule is COc1ccccc1OCc1c(C(=O)Nc2ccc(O)cc2C(=O)O)oc2ccccc12. The molecule has 0 aliphatic rings. The monoisotopic (exact) mass is 433 g/mol. The maximum atomic E-state index is 13.1. The number of phenolic OH excluding ortho intramolecular Hbond substituents is 1. The minimum Gasteiger partial charge on any atom is -0.508 e. The molecule has 0 unspecified atom stereocenters. The summed E-state index contributed by atoms with van der Waals surface area (Å²) in [7, 11) is 1.53. The van der Waals surface area contributed by atoms with Crippen molar-refractivity contribution >= 4 is 28.5 Å². The highest BCUT2D eigenvalue weighted by Crippen LogP contribution is 2.31. The summed E-state index contributed by atoms with van der Waals surface area (Å²) >= 11 is 0. The van der Waals surface area contributed by atoms with Gasteiger partial charge in [0, 0.05) is 10.9 Å². The summed E-state index contributed by atoms with van der Waals surface area (Å²) in [6.45, 7) is 0.0154. The number of ether oxygens (including phenoxy) is 2. The number of fused-ring (bicyclic) bond motifs is 1. The lowest BCUT2D eigenvalue weighted by atomic mass is 10.1. The predicted molar refractivity (Wildman–Crippen MR) is 117 cm³/mol. The zero-order valence-corrected chi connectivity index (χ0v) is 17.0. The molecule has 162 valence electrons. The van der Waals surface area contributed by atoms with E-state index in [-0.39, 0.29) is 29.4 Å². The Morgan fingerprint density at radius 2 is 1.72 bits per heavy atom. The molecule has 32 heavy (non-hydrogen) atoms. The first-order chi connectivity index (χ1) is 15.5. The normalized spacial score (nSPS) is 10.7. The van der Waals surface area contributed by atoms with E-state index in [4.69, 9.17) is 13.9 Å². The van der Waals surface area contributed by atoms with Crippen LogP contribution in [0.15, 0.2) is 71.1 Å². The maximum Gasteiger partial charge on any atom is 0.337 e. The molecule has 0 aliphatic heterocycles. The third-order valence-corrected chi connectivity index (χ3v) is 4.83. The molecular weight excluding hydrogens is 414 g/mol. The molecule has 0 bridgehead atoms. The second-order valence-electron chi connectivity index (χ2n) is 6.83. The molecular formula is C24H19NO7. The zero-order valence-electron chi connectivity index (χ0n) is 17.0. The number of furan rings is 1. The van der Waals surface area contributed by atoms with Gasteiger partial charge in [-0.05, 0) is 36.4 Å². The van der Waals surface area contributed by atoms with E-state index >= 15 is 0 Å². The van der Waals surface area contributed by atoms with Crippen molar-refractivity contribution in [1.82, 2.24) is 0 Å². The number of carboxylic acids is 1. The van der Waals surface area contributed by atoms with Gasteiger partial charge in [0.15, 0.2) is 17.3 Å². The van der Waals surface area contributed by atoms with E-state index in [2.05, 4.69) is 5.32 Å². The Hall–Kier alpha value is -4.46. The predicted octanol–water partition coefficient (Wildman–Crippen LogP) is 4.68. The summed E-state index contributed by atoms with van der Waals surface area (Å²) in [4.78, 5) is 24.6. The van der Waals surface area contributed by atoms with Crippen molar-refractivity contribution in [3.63, 3.8) is 0 Å². The van der Waals surface area contributed by atoms with Crippen LogP contribution in [0.25, 0.3) is 11.0 Å². The van der Waals surface area contributed by atoms with Gasteiger partial charge in [-0.15, -0.1) is 0 Å². The van der Waals surface area contributed by atoms with E-state index < -0.39 is 11.9 Å². The molecule has 4 rings (SSSR count). The number of benzene rings is 3. The van der Waals surface area contributed by atoms with E-state index in [1.807, 2.05) is 12.1 Å². The third kappa shape index (κ3) is 4.06. The van der Waals surface area contributed by atoms with E-state index in [1.54, 1.807) is 36.4 Å². The second-order valence-corrected chi connectivity index (χ2v) is 6.83. The highest BCUT2D eigenvalue weighted by atomic mass is 16.5. The van der Waals surface area contributed by atoms with Crippen molar-refractivity contribution in [2.75, 3.05) is 12.4 Å². The number of rotatable bonds is 7. The molecule has 1 amide bonds. The molecule has 1 heterocycles. The molecule has 0 saturated heterocycles. The molecule has 8 heteroatoms. The van der Waals surface area contributed by atoms with E-state index in [0.717, 1.165) is 6.07 Å². The van der Waals surface area contributed by atoms with Gasteiger partial charge >= 0.3 is 5.97 Å². The molecule has 3 N–H and O–H groups in total. The first kappa shape index (κ1) is 20.8. The van der Waals surface area contributed by atoms with Gasteiger partial charge in [-0.1, -0.05) is 30.3 Å². The molecule has 0 spiro atoms. The van der Waals surface area contributed by atoms with Crippen molar-refractivity contribution < 1.29 is 33.7 Å². The smallest absolute Gasteiger partial charge is 0.337 e. The van der Waals surface area contributed by atoms with Crippen molar-refractivity contribution in [1.29, 1.82) is 0 Å². The van der Waals surface area contributed by atoms with Crippen LogP contribution in [0.1, 0.15) is 26.5 Å². The molecule has 3 aromatic carbocycles. The van der Waals surface area contributed by atoms with E-state index in [0.29, 0.717) is 28.0 Å². The fraction of sp³-hybridized carbons (Fsp3) is 0.0833. The van der Waals surface area contributed by atoms with Crippen LogP contribution in [-0.2, 0) is 6.61 Å². The van der Waals surface area contributed by atoms with Crippen molar-refractivity contribution in [3.05, 3.63) is 83.6 Å². The molecule has 1 aromatic heterocycles. The van der Waals surface area contributed by atoms with Gasteiger partial charge < -0.3 is 29.4 Å². The quantitative estimate of drug-likeness (QED) is 0.362. The number of nitrogens with one attached hydrogen (secondary N) is 1. The van der Waals surface area contributed by atoms with Gasteiger partial charge in [0.25, 0.3) is 5.91 Å². The molecule has 0 fully saturated rings. The number of aromatic hydroxyl groups is 1. The molecule has 8 nitrogen and oxygen atoms in total. The van der Waals surface area contributed by atoms with Gasteiger partial charge in [0.2, 0.25) is 0 Å². The maximum absolute atomic E-state index is 13.1. The number of methoxy groups -OCH3 is 1. The summed E-state index contributed by atoms with van der Waals surface area (Å²) in [6, 6.07) is 17.9. The minimum absolute atomic E-state index is 0.00879. The number of para-hydroxylation sites is 3. The Bertz CT molecular complexity index is 1310. The Labute approximate surface area is 182 Å². The summed E-state index contributed by atoms with van der Waals surface area (Å²) < 4.78 is 17.0. The number of aromatic carboxylic acids is 1. The average Bonchev–Trinajstić information content (AvgIpc) is 3.17. The van der Waals surface area contributed by atoms with Crippen LogP contribution in [0.4, 0.5) is 5.69 Å². The summed E-state index contributed by atoms with van der Waals surface area (Å²) in [6.07, 6.45) is 0. The topological polar surface area (TPSA) is 118 Å². The zero-order chi connectivity index (χ0) is 22.7. The van der Waals surface area contributed by atoms with Gasteiger partial charge in [-0.3, -0.25) is 4.79 Å². The Morgan fingerprint density at radius 1 is 1.00 bits per heavy atom. The number of carbonyl (C=O) groups is 2. The molecule has 0 aliphatic carbocycles. The lowest BCUT2D eigenvalue weighted by Gasteiger charge is -2.11. The van der Waals surface area contributed by atoms with Gasteiger partial charge in [0.05, 0.1) is 18.4 Å². The van der Waals surface area contributed by atoms with Crippen LogP contribution in [0, 0.1) is 0 Å². The van der Waals surface area contributed by atoms with Crippen LogP contribution >= 0.6 is 0 Å². The second kappa shape index (κ2) is 8.73. The van der Waals surface area contributed by atoms with E-state index in [1.165, 1.54) is 19.2 Å². The van der Waals surface area contributed by atoms with Crippen LogP contribution in [0.2, 0.25) is 0 Å². The third-order valence-electron chi connectivity index (χ3n) is 4.83. The Balaban J connectivity index is 1.69. The minimum atomic E-state index is -1.29. The highest BCUT2D eigenvalue weighted by Gasteiger charge is 2.23. The fourth-order valence-corrected chi connectivity index (χ4v) is 3.31. The highest BCUT2D eigenvalue weighted by molar-refractivity contribution is 6.09. The number of hydrogen-bond donors (Lipinski definition) is 3. The lowest BCUT2D eigenvalue weighted by Crippen LogP contribution is -2.16. The van der Waals surface area contributed by atoms with Gasteiger partial charge in [-0.2, -0.15) is 0 Å². The first-order valence-electron chi connectivity index (χ1n) is 9.62. The lowest BCUT2D eigenvalue weighted by molar-refractivity contribution is 0.0697. The van der Waals surface area contributed by atoms with E-state index in [9.17, 15) is 19.8 Å². The van der Waals surface area contributed by atoms with Crippen LogP contribution in [0.3, 0.4) is 0 Å². The number of amides is 1. The summed E-state index contributed by atoms with van der Waals surface area (Å²) in [5.41, 5.74) is 0.763. The van der Waals surface area contributed by atoms with Crippen molar-refractivity contribution in [3.8, 4) is 17.2 Å². The number of carboxylic acid groups (broad SMARTS) is 1.